The van der Waals surface area contributed by atoms with Crippen LogP contribution in [0.4, 0.5) is 0 Å². The van der Waals surface area contributed by atoms with Gasteiger partial charge in [-0.1, -0.05) is 47.6 Å². The van der Waals surface area contributed by atoms with Crippen molar-refractivity contribution in [3.05, 3.63) is 53.1 Å². The molecule has 0 amide bonds. The quantitative estimate of drug-likeness (QED) is 0.875. The Morgan fingerprint density at radius 3 is 2.67 bits per heavy atom. The highest BCUT2D eigenvalue weighted by atomic mass is 15.5. The minimum Gasteiger partial charge on any atom is -0.177 e. The van der Waals surface area contributed by atoms with Crippen LogP contribution in [-0.2, 0) is 0 Å². The van der Waals surface area contributed by atoms with E-state index in [1.54, 1.807) is 0 Å². The van der Waals surface area contributed by atoms with E-state index in [0.29, 0.717) is 11.7 Å². The molecule has 1 N–H and O–H groups in total. The van der Waals surface area contributed by atoms with E-state index in [1.165, 1.54) is 16.7 Å². The standard InChI is InChI=1S/C14H14N4/c1-9-7-10(2)13(8-9)11-5-3-4-6-12(11)14-15-17-18-16-14/h3-8,13H,1-2H3,(H,15,16,17,18). The zero-order valence-corrected chi connectivity index (χ0v) is 10.4. The molecule has 0 saturated carbocycles. The maximum absolute atomic E-state index is 4.08. The molecule has 90 valence electrons. The van der Waals surface area contributed by atoms with E-state index in [1.807, 2.05) is 18.2 Å². The molecule has 1 aliphatic rings. The Hall–Kier alpha value is -2.23. The number of aromatic nitrogens is 4. The second kappa shape index (κ2) is 4.22. The van der Waals surface area contributed by atoms with Gasteiger partial charge in [0.05, 0.1) is 0 Å². The first-order chi connectivity index (χ1) is 8.75. The maximum atomic E-state index is 4.08. The summed E-state index contributed by atoms with van der Waals surface area (Å²) >= 11 is 0. The van der Waals surface area contributed by atoms with E-state index in [-0.39, 0.29) is 0 Å². The highest BCUT2D eigenvalue weighted by Crippen LogP contribution is 2.37. The van der Waals surface area contributed by atoms with E-state index >= 15 is 0 Å². The summed E-state index contributed by atoms with van der Waals surface area (Å²) in [6.07, 6.45) is 4.49. The number of allylic oxidation sites excluding steroid dienone is 4. The minimum absolute atomic E-state index is 0.319. The summed E-state index contributed by atoms with van der Waals surface area (Å²) in [5.41, 5.74) is 4.92. The van der Waals surface area contributed by atoms with E-state index < -0.39 is 0 Å². The van der Waals surface area contributed by atoms with Crippen molar-refractivity contribution in [1.29, 1.82) is 0 Å². The molecule has 1 aromatic carbocycles. The molecular weight excluding hydrogens is 224 g/mol. The number of aromatic amines is 1. The van der Waals surface area contributed by atoms with Crippen molar-refractivity contribution in [3.8, 4) is 11.4 Å². The van der Waals surface area contributed by atoms with Gasteiger partial charge in [0.1, 0.15) is 0 Å². The highest BCUT2D eigenvalue weighted by Gasteiger charge is 2.20. The Morgan fingerprint density at radius 1 is 1.17 bits per heavy atom. The Balaban J connectivity index is 2.11. The van der Waals surface area contributed by atoms with Gasteiger partial charge in [0, 0.05) is 11.5 Å². The van der Waals surface area contributed by atoms with Gasteiger partial charge in [0.2, 0.25) is 5.82 Å². The third-order valence-electron chi connectivity index (χ3n) is 3.26. The van der Waals surface area contributed by atoms with Crippen molar-refractivity contribution in [1.82, 2.24) is 20.6 Å². The van der Waals surface area contributed by atoms with Gasteiger partial charge in [0.15, 0.2) is 0 Å². The lowest BCUT2D eigenvalue weighted by molar-refractivity contribution is 0.881. The van der Waals surface area contributed by atoms with Crippen molar-refractivity contribution in [2.45, 2.75) is 19.8 Å². The molecule has 0 saturated heterocycles. The van der Waals surface area contributed by atoms with Gasteiger partial charge >= 0.3 is 0 Å². The predicted octanol–water partition coefficient (Wildman–Crippen LogP) is 2.86. The molecule has 0 aliphatic heterocycles. The molecule has 0 spiro atoms. The fourth-order valence-corrected chi connectivity index (χ4v) is 2.47. The molecule has 0 fully saturated rings. The molecular formula is C14H14N4. The minimum atomic E-state index is 0.319. The van der Waals surface area contributed by atoms with Crippen molar-refractivity contribution in [2.24, 2.45) is 0 Å². The molecule has 0 bridgehead atoms. The Kier molecular flexibility index (Phi) is 2.55. The van der Waals surface area contributed by atoms with Gasteiger partial charge in [0.25, 0.3) is 0 Å². The van der Waals surface area contributed by atoms with Crippen molar-refractivity contribution >= 4 is 0 Å². The van der Waals surface area contributed by atoms with Crippen LogP contribution in [0.15, 0.2) is 47.6 Å². The molecule has 1 unspecified atom stereocenters. The van der Waals surface area contributed by atoms with Gasteiger partial charge in [-0.15, -0.1) is 10.2 Å². The number of nitrogens with one attached hydrogen (secondary N) is 1. The zero-order valence-electron chi connectivity index (χ0n) is 10.4. The molecule has 2 aromatic rings. The normalized spacial score (nSPS) is 18.7. The summed E-state index contributed by atoms with van der Waals surface area (Å²) in [7, 11) is 0. The predicted molar refractivity (Wildman–Crippen MR) is 69.9 cm³/mol. The smallest absolute Gasteiger partial charge is 0.177 e. The third kappa shape index (κ3) is 1.76. The van der Waals surface area contributed by atoms with E-state index in [9.17, 15) is 0 Å². The van der Waals surface area contributed by atoms with Crippen molar-refractivity contribution in [3.63, 3.8) is 0 Å². The van der Waals surface area contributed by atoms with Crippen LogP contribution in [0.25, 0.3) is 11.4 Å². The summed E-state index contributed by atoms with van der Waals surface area (Å²) in [6, 6.07) is 8.21. The van der Waals surface area contributed by atoms with Crippen LogP contribution < -0.4 is 0 Å². The molecule has 1 heterocycles. The van der Waals surface area contributed by atoms with Gasteiger partial charge in [-0.05, 0) is 24.6 Å². The topological polar surface area (TPSA) is 54.5 Å². The molecule has 1 aromatic heterocycles. The van der Waals surface area contributed by atoms with E-state index in [0.717, 1.165) is 5.56 Å². The van der Waals surface area contributed by atoms with E-state index in [4.69, 9.17) is 0 Å². The Morgan fingerprint density at radius 2 is 2.00 bits per heavy atom. The van der Waals surface area contributed by atoms with Crippen LogP contribution in [0.3, 0.4) is 0 Å². The fourth-order valence-electron chi connectivity index (χ4n) is 2.47. The first kappa shape index (κ1) is 10.9. The lowest BCUT2D eigenvalue weighted by atomic mass is 9.90. The van der Waals surface area contributed by atoms with Crippen LogP contribution in [0, 0.1) is 0 Å². The number of hydrogen-bond acceptors (Lipinski definition) is 3. The van der Waals surface area contributed by atoms with Gasteiger partial charge in [-0.3, -0.25) is 0 Å². The average molecular weight is 238 g/mol. The lowest BCUT2D eigenvalue weighted by Gasteiger charge is -2.13. The molecule has 0 radical (unpaired) electrons. The molecule has 3 rings (SSSR count). The number of nitrogens with zero attached hydrogens (tertiary/aromatic N) is 3. The molecule has 4 heteroatoms. The van der Waals surface area contributed by atoms with E-state index in [2.05, 4.69) is 52.7 Å². The summed E-state index contributed by atoms with van der Waals surface area (Å²) in [6.45, 7) is 4.28. The number of tetrazole rings is 1. The summed E-state index contributed by atoms with van der Waals surface area (Å²) < 4.78 is 0. The monoisotopic (exact) mass is 238 g/mol. The van der Waals surface area contributed by atoms with Crippen LogP contribution in [-0.4, -0.2) is 20.6 Å². The highest BCUT2D eigenvalue weighted by molar-refractivity contribution is 5.63. The molecule has 18 heavy (non-hydrogen) atoms. The third-order valence-corrected chi connectivity index (χ3v) is 3.26. The first-order valence-corrected chi connectivity index (χ1v) is 5.95. The van der Waals surface area contributed by atoms with Gasteiger partial charge in [-0.2, -0.15) is 5.21 Å². The van der Waals surface area contributed by atoms with Crippen LogP contribution in [0.5, 0.6) is 0 Å². The molecule has 4 nitrogen and oxygen atoms in total. The number of hydrogen-bond donors (Lipinski definition) is 1. The second-order valence-electron chi connectivity index (χ2n) is 4.60. The maximum Gasteiger partial charge on any atom is 0.204 e. The average Bonchev–Trinajstić information content (AvgIpc) is 2.99. The van der Waals surface area contributed by atoms with Gasteiger partial charge in [-0.25, -0.2) is 0 Å². The van der Waals surface area contributed by atoms with Crippen LogP contribution in [0.1, 0.15) is 25.3 Å². The largest absolute Gasteiger partial charge is 0.204 e. The Labute approximate surface area is 105 Å². The SMILES string of the molecule is CC1=CC(c2ccccc2-c2nn[nH]n2)C(C)=C1. The lowest BCUT2D eigenvalue weighted by Crippen LogP contribution is -1.98. The number of H-pyrrole nitrogens is 1. The fraction of sp³-hybridized carbons (Fsp3) is 0.214. The second-order valence-corrected chi connectivity index (χ2v) is 4.60. The van der Waals surface area contributed by atoms with Crippen LogP contribution in [0.2, 0.25) is 0 Å². The molecule has 1 aliphatic carbocycles. The van der Waals surface area contributed by atoms with Crippen molar-refractivity contribution < 1.29 is 0 Å². The van der Waals surface area contributed by atoms with Gasteiger partial charge < -0.3 is 0 Å². The first-order valence-electron chi connectivity index (χ1n) is 5.95. The zero-order chi connectivity index (χ0) is 12.5. The molecule has 1 atom stereocenters. The van der Waals surface area contributed by atoms with Crippen molar-refractivity contribution in [2.75, 3.05) is 0 Å². The summed E-state index contributed by atoms with van der Waals surface area (Å²) in [5.74, 6) is 0.969. The summed E-state index contributed by atoms with van der Waals surface area (Å²) in [5, 5.41) is 14.3. The summed E-state index contributed by atoms with van der Waals surface area (Å²) in [4.78, 5) is 0. The van der Waals surface area contributed by atoms with Crippen LogP contribution >= 0.6 is 0 Å². The number of rotatable bonds is 2. The Bertz CT molecular complexity index is 623. The number of benzene rings is 1.